The van der Waals surface area contributed by atoms with Crippen LogP contribution in [-0.4, -0.2) is 20.8 Å². The van der Waals surface area contributed by atoms with Crippen LogP contribution in [0.5, 0.6) is 5.75 Å². The van der Waals surface area contributed by atoms with Gasteiger partial charge in [0.25, 0.3) is 0 Å². The van der Waals surface area contributed by atoms with Crippen LogP contribution in [0.2, 0.25) is 0 Å². The number of fused-ring (bicyclic) bond motifs is 1. The zero-order valence-corrected chi connectivity index (χ0v) is 24.4. The third-order valence-electron chi connectivity index (χ3n) is 6.65. The predicted molar refractivity (Wildman–Crippen MR) is 160 cm³/mol. The van der Waals surface area contributed by atoms with Crippen LogP contribution in [-0.2, 0) is 36.1 Å². The van der Waals surface area contributed by atoms with E-state index in [1.807, 2.05) is 54.6 Å². The molecular formula is C35H27N3NiO5+. The van der Waals surface area contributed by atoms with Gasteiger partial charge < -0.3 is 19.4 Å². The smallest absolute Gasteiger partial charge is 0.867 e. The van der Waals surface area contributed by atoms with Gasteiger partial charge in [-0.2, -0.15) is 0 Å². The van der Waals surface area contributed by atoms with Crippen molar-refractivity contribution in [3.05, 3.63) is 160 Å². The number of para-hydroxylation sites is 1. The summed E-state index contributed by atoms with van der Waals surface area (Å²) >= 11 is 0. The van der Waals surface area contributed by atoms with Crippen molar-refractivity contribution >= 4 is 16.9 Å². The molecule has 0 amide bonds. The number of hydrogen-bond donors (Lipinski definition) is 0. The van der Waals surface area contributed by atoms with Crippen molar-refractivity contribution in [3.63, 3.8) is 0 Å². The summed E-state index contributed by atoms with van der Waals surface area (Å²) in [5, 5.41) is 23.7. The molecule has 3 aromatic heterocycles. The number of hydrogen-bond acceptors (Lipinski definition) is 8. The summed E-state index contributed by atoms with van der Waals surface area (Å²) in [4.78, 5) is 34.2. The van der Waals surface area contributed by atoms with Crippen molar-refractivity contribution in [1.82, 2.24) is 14.9 Å². The summed E-state index contributed by atoms with van der Waals surface area (Å²) in [5.41, 5.74) is 3.31. The molecule has 0 atom stereocenters. The van der Waals surface area contributed by atoms with E-state index in [1.165, 1.54) is 0 Å². The van der Waals surface area contributed by atoms with Crippen LogP contribution in [0, 0.1) is 0 Å². The zero-order valence-electron chi connectivity index (χ0n) is 23.4. The number of nitrogens with zero attached hydrogens (tertiary/aromatic N) is 3. The summed E-state index contributed by atoms with van der Waals surface area (Å²) in [6.07, 6.45) is 3.51. The molecule has 0 saturated heterocycles. The molecule has 0 bridgehead atoms. The third kappa shape index (κ3) is 8.04. The van der Waals surface area contributed by atoms with Crippen molar-refractivity contribution in [2.45, 2.75) is 19.6 Å². The van der Waals surface area contributed by atoms with E-state index in [0.29, 0.717) is 36.2 Å². The van der Waals surface area contributed by atoms with E-state index in [1.54, 1.807) is 73.1 Å². The normalized spacial score (nSPS) is 10.5. The van der Waals surface area contributed by atoms with Gasteiger partial charge in [-0.1, -0.05) is 78.9 Å². The zero-order chi connectivity index (χ0) is 30.0. The first-order valence-electron chi connectivity index (χ1n) is 13.6. The molecule has 9 heteroatoms. The average molecular weight is 628 g/mol. The minimum Gasteiger partial charge on any atom is -0.867 e. The molecule has 0 aliphatic carbocycles. The van der Waals surface area contributed by atoms with E-state index >= 15 is 0 Å². The number of aromatic nitrogens is 2. The number of carboxylic acids is 1. The second-order valence-corrected chi connectivity index (χ2v) is 9.68. The SMILES string of the molecule is O=C([O-])c1ccccc1CN(Cc1ccccn1)Cc1ccccn1.O=c1c([O-])c(-c2ccccc2)oc2ccccc12.[Ni+3]. The van der Waals surface area contributed by atoms with Crippen LogP contribution >= 0.6 is 0 Å². The average Bonchev–Trinajstić information content (AvgIpc) is 3.04. The molecule has 6 rings (SSSR count). The molecule has 0 fully saturated rings. The molecule has 0 unspecified atom stereocenters. The molecule has 0 saturated carbocycles. The standard InChI is InChI=1S/C20H19N3O2.C15H10O3.Ni/c24-20(25)19-10-2-1-7-16(19)13-23(14-17-8-3-5-11-21-17)15-18-9-4-6-12-22-18;16-13-11-8-4-5-9-12(11)18-15(14(13)17)10-6-2-1-3-7-10;/h1-12H,13-15H2,(H,24,25);1-9,17H;/q;;+3/p-2. The molecule has 221 valence electrons. The summed E-state index contributed by atoms with van der Waals surface area (Å²) < 4.78 is 5.55. The van der Waals surface area contributed by atoms with Gasteiger partial charge in [-0.15, -0.1) is 0 Å². The van der Waals surface area contributed by atoms with Gasteiger partial charge in [-0.25, -0.2) is 0 Å². The van der Waals surface area contributed by atoms with Crippen LogP contribution in [0.3, 0.4) is 0 Å². The molecule has 1 radical (unpaired) electrons. The molecule has 6 aromatic rings. The molecule has 3 aromatic carbocycles. The van der Waals surface area contributed by atoms with Gasteiger partial charge in [-0.05, 0) is 47.7 Å². The van der Waals surface area contributed by atoms with Gasteiger partial charge in [0.05, 0.1) is 22.7 Å². The van der Waals surface area contributed by atoms with Crippen molar-refractivity contribution in [2.75, 3.05) is 0 Å². The Hall–Kier alpha value is -5.11. The first kappa shape index (κ1) is 31.8. The molecule has 8 nitrogen and oxygen atoms in total. The molecule has 0 aliphatic rings. The van der Waals surface area contributed by atoms with Crippen LogP contribution in [0.4, 0.5) is 0 Å². The van der Waals surface area contributed by atoms with Gasteiger partial charge >= 0.3 is 16.5 Å². The first-order chi connectivity index (χ1) is 21.0. The van der Waals surface area contributed by atoms with E-state index in [2.05, 4.69) is 14.9 Å². The Morgan fingerprint density at radius 2 is 1.27 bits per heavy atom. The Morgan fingerprint density at radius 1 is 0.705 bits per heavy atom. The Labute approximate surface area is 264 Å². The second kappa shape index (κ2) is 15.4. The summed E-state index contributed by atoms with van der Waals surface area (Å²) in [5.74, 6) is -1.66. The maximum atomic E-state index is 12.0. The molecule has 44 heavy (non-hydrogen) atoms. The molecule has 0 spiro atoms. The maximum Gasteiger partial charge on any atom is 3.00 e. The van der Waals surface area contributed by atoms with Crippen molar-refractivity contribution < 1.29 is 35.9 Å². The second-order valence-electron chi connectivity index (χ2n) is 9.68. The van der Waals surface area contributed by atoms with Gasteiger partial charge in [0.2, 0.25) is 0 Å². The van der Waals surface area contributed by atoms with Crippen LogP contribution in [0.15, 0.2) is 137 Å². The first-order valence-corrected chi connectivity index (χ1v) is 13.6. The summed E-state index contributed by atoms with van der Waals surface area (Å²) in [7, 11) is 0. The molecule has 0 aliphatic heterocycles. The van der Waals surface area contributed by atoms with E-state index in [0.717, 1.165) is 17.0 Å². The Bertz CT molecular complexity index is 1830. The molecule has 3 heterocycles. The topological polar surface area (TPSA) is 122 Å². The molecule has 0 N–H and O–H groups in total. The Morgan fingerprint density at radius 3 is 1.89 bits per heavy atom. The Kier molecular flexibility index (Phi) is 11.1. The number of rotatable bonds is 8. The van der Waals surface area contributed by atoms with Crippen LogP contribution < -0.4 is 15.6 Å². The third-order valence-corrected chi connectivity index (χ3v) is 6.65. The fourth-order valence-electron chi connectivity index (χ4n) is 4.61. The number of carboxylic acid groups (broad SMARTS) is 1. The van der Waals surface area contributed by atoms with Crippen LogP contribution in [0.25, 0.3) is 22.3 Å². The number of aromatic carboxylic acids is 1. The van der Waals surface area contributed by atoms with Gasteiger partial charge in [0.1, 0.15) is 11.3 Å². The van der Waals surface area contributed by atoms with Gasteiger partial charge in [0, 0.05) is 43.2 Å². The number of benzene rings is 3. The van der Waals surface area contributed by atoms with Crippen LogP contribution in [0.1, 0.15) is 27.3 Å². The van der Waals surface area contributed by atoms with E-state index in [4.69, 9.17) is 4.42 Å². The van der Waals surface area contributed by atoms with Crippen molar-refractivity contribution in [2.24, 2.45) is 0 Å². The fraction of sp³-hybridized carbons (Fsp3) is 0.0857. The summed E-state index contributed by atoms with van der Waals surface area (Å²) in [6.45, 7) is 1.66. The summed E-state index contributed by atoms with van der Waals surface area (Å²) in [6, 6.07) is 34.1. The van der Waals surface area contributed by atoms with Crippen molar-refractivity contribution in [1.29, 1.82) is 0 Å². The Balaban J connectivity index is 0.000000206. The van der Waals surface area contributed by atoms with Crippen molar-refractivity contribution in [3.8, 4) is 17.1 Å². The quantitative estimate of drug-likeness (QED) is 0.225. The van der Waals surface area contributed by atoms with Gasteiger partial charge in [0.15, 0.2) is 5.43 Å². The number of carbonyl (C=O) groups excluding carboxylic acids is 1. The number of carbonyl (C=O) groups is 1. The predicted octanol–water partition coefficient (Wildman–Crippen LogP) is 4.57. The molecular weight excluding hydrogens is 601 g/mol. The number of pyridine rings is 2. The minimum absolute atomic E-state index is 0. The van der Waals surface area contributed by atoms with E-state index < -0.39 is 17.1 Å². The maximum absolute atomic E-state index is 12.0. The fourth-order valence-corrected chi connectivity index (χ4v) is 4.61. The van der Waals surface area contributed by atoms with Gasteiger partial charge in [-0.3, -0.25) is 19.7 Å². The van der Waals surface area contributed by atoms with E-state index in [-0.39, 0.29) is 27.8 Å². The minimum atomic E-state index is -1.16. The van der Waals surface area contributed by atoms with E-state index in [9.17, 15) is 19.8 Å². The monoisotopic (exact) mass is 627 g/mol. The largest absolute Gasteiger partial charge is 3.00 e.